The Kier molecular flexibility index (Phi) is 7.83. The van der Waals surface area contributed by atoms with Gasteiger partial charge in [-0.15, -0.1) is 0 Å². The molecule has 0 aliphatic carbocycles. The van der Waals surface area contributed by atoms with E-state index in [4.69, 9.17) is 5.73 Å². The predicted molar refractivity (Wildman–Crippen MR) is 89.6 cm³/mol. The fourth-order valence-corrected chi connectivity index (χ4v) is 4.21. The molecule has 1 aromatic rings. The van der Waals surface area contributed by atoms with Crippen molar-refractivity contribution in [3.8, 4) is 0 Å². The first-order valence-electron chi connectivity index (χ1n) is 7.15. The summed E-state index contributed by atoms with van der Waals surface area (Å²) in [6.07, 6.45) is 0.791. The van der Waals surface area contributed by atoms with Gasteiger partial charge in [-0.3, -0.25) is 0 Å². The second-order valence-electron chi connectivity index (χ2n) is 4.75. The third-order valence-corrected chi connectivity index (χ3v) is 5.80. The molecule has 0 aliphatic rings. The lowest BCUT2D eigenvalue weighted by molar-refractivity contribution is 0.300. The summed E-state index contributed by atoms with van der Waals surface area (Å²) in [4.78, 5) is 2.52. The first-order valence-corrected chi connectivity index (χ1v) is 9.42. The van der Waals surface area contributed by atoms with Gasteiger partial charge in [-0.25, -0.2) is 13.1 Å². The smallest absolute Gasteiger partial charge is 0.241 e. The Hall–Kier alpha value is -0.470. The van der Waals surface area contributed by atoms with Gasteiger partial charge in [-0.2, -0.15) is 0 Å². The fourth-order valence-electron chi connectivity index (χ4n) is 2.02. The van der Waals surface area contributed by atoms with Crippen LogP contribution in [0, 0.1) is 0 Å². The van der Waals surface area contributed by atoms with E-state index in [1.165, 1.54) is 0 Å². The second-order valence-corrected chi connectivity index (χ2v) is 7.34. The average Bonchev–Trinajstić information content (AvgIpc) is 2.47. The van der Waals surface area contributed by atoms with Crippen LogP contribution in [0.4, 0.5) is 0 Å². The lowest BCUT2D eigenvalue weighted by atomic mass is 10.2. The molecule has 0 atom stereocenters. The highest BCUT2D eigenvalue weighted by atomic mass is 79.9. The van der Waals surface area contributed by atoms with E-state index in [0.717, 1.165) is 31.6 Å². The molecule has 21 heavy (non-hydrogen) atoms. The quantitative estimate of drug-likeness (QED) is 0.644. The fraction of sp³-hybridized carbons (Fsp3) is 0.571. The van der Waals surface area contributed by atoms with E-state index in [1.807, 2.05) is 0 Å². The van der Waals surface area contributed by atoms with E-state index < -0.39 is 10.0 Å². The van der Waals surface area contributed by atoms with Gasteiger partial charge in [0, 0.05) is 17.6 Å². The average molecular weight is 378 g/mol. The Morgan fingerprint density at radius 2 is 1.95 bits per heavy atom. The van der Waals surface area contributed by atoms with Crippen LogP contribution < -0.4 is 10.5 Å². The minimum atomic E-state index is -3.48. The van der Waals surface area contributed by atoms with E-state index in [0.29, 0.717) is 17.6 Å². The Balaban J connectivity index is 2.61. The molecule has 0 radical (unpaired) electrons. The van der Waals surface area contributed by atoms with E-state index in [2.05, 4.69) is 39.4 Å². The van der Waals surface area contributed by atoms with Crippen LogP contribution in [0.2, 0.25) is 0 Å². The summed E-state index contributed by atoms with van der Waals surface area (Å²) in [5.74, 6) is 0. The Bertz CT molecular complexity index is 545. The standard InChI is InChI=1S/C14H24BrN3O2S/c1-3-18(4-2)9-5-8-17-21(19,20)14-7-6-12(11-16)10-13(14)15/h6-7,10,17H,3-5,8-9,11,16H2,1-2H3. The van der Waals surface area contributed by atoms with Crippen LogP contribution >= 0.6 is 15.9 Å². The number of nitrogens with one attached hydrogen (secondary N) is 1. The van der Waals surface area contributed by atoms with Crippen molar-refractivity contribution in [1.82, 2.24) is 9.62 Å². The molecule has 7 heteroatoms. The molecule has 0 bridgehead atoms. The summed E-state index contributed by atoms with van der Waals surface area (Å²) in [5.41, 5.74) is 6.43. The van der Waals surface area contributed by atoms with E-state index in [1.54, 1.807) is 18.2 Å². The topological polar surface area (TPSA) is 75.4 Å². The summed E-state index contributed by atoms with van der Waals surface area (Å²) < 4.78 is 27.7. The largest absolute Gasteiger partial charge is 0.326 e. The molecule has 0 saturated carbocycles. The molecule has 0 fully saturated rings. The molecule has 0 spiro atoms. The summed E-state index contributed by atoms with van der Waals surface area (Å²) >= 11 is 3.30. The van der Waals surface area contributed by atoms with Gasteiger partial charge in [0.25, 0.3) is 0 Å². The molecular formula is C14H24BrN3O2S. The number of hydrogen-bond donors (Lipinski definition) is 2. The van der Waals surface area contributed by atoms with Crippen LogP contribution in [0.25, 0.3) is 0 Å². The molecule has 0 amide bonds. The van der Waals surface area contributed by atoms with Crippen LogP contribution in [0.3, 0.4) is 0 Å². The predicted octanol–water partition coefficient (Wildman–Crippen LogP) is 1.92. The third-order valence-electron chi connectivity index (χ3n) is 3.36. The molecular weight excluding hydrogens is 354 g/mol. The van der Waals surface area contributed by atoms with Crippen LogP contribution in [0.15, 0.2) is 27.6 Å². The Morgan fingerprint density at radius 1 is 1.29 bits per heavy atom. The summed E-state index contributed by atoms with van der Waals surface area (Å²) in [5, 5.41) is 0. The van der Waals surface area contributed by atoms with Crippen molar-refractivity contribution in [2.75, 3.05) is 26.2 Å². The lowest BCUT2D eigenvalue weighted by Crippen LogP contribution is -2.30. The molecule has 1 rings (SSSR count). The molecule has 0 saturated heterocycles. The van der Waals surface area contributed by atoms with Crippen molar-refractivity contribution >= 4 is 26.0 Å². The minimum Gasteiger partial charge on any atom is -0.326 e. The number of benzene rings is 1. The van der Waals surface area contributed by atoms with Crippen molar-refractivity contribution in [3.05, 3.63) is 28.2 Å². The molecule has 1 aromatic carbocycles. The third kappa shape index (κ3) is 5.67. The number of sulfonamides is 1. The number of nitrogens with zero attached hydrogens (tertiary/aromatic N) is 1. The van der Waals surface area contributed by atoms with Crippen molar-refractivity contribution in [3.63, 3.8) is 0 Å². The molecule has 120 valence electrons. The number of halogens is 1. The molecule has 0 aliphatic heterocycles. The molecule has 0 heterocycles. The van der Waals surface area contributed by atoms with Gasteiger partial charge in [0.05, 0.1) is 4.90 Å². The maximum atomic E-state index is 12.3. The number of nitrogens with two attached hydrogens (primary N) is 1. The summed E-state index contributed by atoms with van der Waals surface area (Å²) in [6, 6.07) is 5.05. The van der Waals surface area contributed by atoms with Crippen molar-refractivity contribution in [2.24, 2.45) is 5.73 Å². The first kappa shape index (κ1) is 18.6. The van der Waals surface area contributed by atoms with Crippen molar-refractivity contribution < 1.29 is 8.42 Å². The zero-order valence-corrected chi connectivity index (χ0v) is 15.0. The zero-order chi connectivity index (χ0) is 15.9. The molecule has 5 nitrogen and oxygen atoms in total. The van der Waals surface area contributed by atoms with Crippen molar-refractivity contribution in [2.45, 2.75) is 31.7 Å². The maximum absolute atomic E-state index is 12.3. The van der Waals surface area contributed by atoms with Crippen molar-refractivity contribution in [1.29, 1.82) is 0 Å². The number of hydrogen-bond acceptors (Lipinski definition) is 4. The molecule has 0 aromatic heterocycles. The van der Waals surface area contributed by atoms with Crippen LogP contribution in [0.1, 0.15) is 25.8 Å². The van der Waals surface area contributed by atoms with Gasteiger partial charge < -0.3 is 10.6 Å². The van der Waals surface area contributed by atoms with Gasteiger partial charge in [0.15, 0.2) is 0 Å². The van der Waals surface area contributed by atoms with E-state index in [9.17, 15) is 8.42 Å². The Labute approximate surface area is 136 Å². The minimum absolute atomic E-state index is 0.252. The molecule has 0 unspecified atom stereocenters. The summed E-state index contributed by atoms with van der Waals surface area (Å²) in [6.45, 7) is 7.88. The van der Waals surface area contributed by atoms with Gasteiger partial charge >= 0.3 is 0 Å². The highest BCUT2D eigenvalue weighted by Gasteiger charge is 2.17. The van der Waals surface area contributed by atoms with Gasteiger partial charge in [0.2, 0.25) is 10.0 Å². The van der Waals surface area contributed by atoms with Gasteiger partial charge in [-0.1, -0.05) is 19.9 Å². The monoisotopic (exact) mass is 377 g/mol. The first-order chi connectivity index (χ1) is 9.94. The highest BCUT2D eigenvalue weighted by Crippen LogP contribution is 2.23. The Morgan fingerprint density at radius 3 is 2.48 bits per heavy atom. The SMILES string of the molecule is CCN(CC)CCCNS(=O)(=O)c1ccc(CN)cc1Br. The van der Waals surface area contributed by atoms with Crippen LogP contribution in [0.5, 0.6) is 0 Å². The van der Waals surface area contributed by atoms with Crippen LogP contribution in [-0.2, 0) is 16.6 Å². The number of rotatable bonds is 9. The van der Waals surface area contributed by atoms with E-state index >= 15 is 0 Å². The molecule has 3 N–H and O–H groups in total. The van der Waals surface area contributed by atoms with Crippen LogP contribution in [-0.4, -0.2) is 39.5 Å². The normalized spacial score (nSPS) is 12.0. The zero-order valence-electron chi connectivity index (χ0n) is 12.6. The summed E-state index contributed by atoms with van der Waals surface area (Å²) in [7, 11) is -3.48. The van der Waals surface area contributed by atoms with E-state index in [-0.39, 0.29) is 4.90 Å². The maximum Gasteiger partial charge on any atom is 0.241 e. The van der Waals surface area contributed by atoms with Gasteiger partial charge in [-0.05, 0) is 59.7 Å². The lowest BCUT2D eigenvalue weighted by Gasteiger charge is -2.17. The van der Waals surface area contributed by atoms with Gasteiger partial charge in [0.1, 0.15) is 0 Å². The second kappa shape index (κ2) is 8.85. The highest BCUT2D eigenvalue weighted by molar-refractivity contribution is 9.10.